The lowest BCUT2D eigenvalue weighted by atomic mass is 10.1. The first-order chi connectivity index (χ1) is 16.8. The molecule has 3 N–H and O–H groups in total. The van der Waals surface area contributed by atoms with Gasteiger partial charge in [0.25, 0.3) is 5.91 Å². The van der Waals surface area contributed by atoms with Gasteiger partial charge in [-0.1, -0.05) is 44.2 Å². The number of sulfonamides is 1. The molecule has 0 radical (unpaired) electrons. The fourth-order valence-corrected chi connectivity index (χ4v) is 5.72. The van der Waals surface area contributed by atoms with Gasteiger partial charge >= 0.3 is 0 Å². The number of amides is 1. The minimum Gasteiger partial charge on any atom is -0.369 e. The normalized spacial score (nSPS) is 14.1. The van der Waals surface area contributed by atoms with Crippen molar-refractivity contribution in [1.82, 2.24) is 5.32 Å². The third-order valence-corrected chi connectivity index (χ3v) is 7.71. The summed E-state index contributed by atoms with van der Waals surface area (Å²) in [6.45, 7) is 5.53. The summed E-state index contributed by atoms with van der Waals surface area (Å²) < 4.78 is 26.2. The predicted octanol–water partition coefficient (Wildman–Crippen LogP) is 5.44. The molecule has 1 aliphatic rings. The van der Waals surface area contributed by atoms with Crippen LogP contribution in [0.2, 0.25) is 5.02 Å². The zero-order valence-corrected chi connectivity index (χ0v) is 22.8. The van der Waals surface area contributed by atoms with E-state index in [1.54, 1.807) is 30.0 Å². The van der Waals surface area contributed by atoms with Crippen LogP contribution in [0.25, 0.3) is 0 Å². The van der Waals surface area contributed by atoms with Crippen molar-refractivity contribution in [1.29, 1.82) is 0 Å². The summed E-state index contributed by atoms with van der Waals surface area (Å²) in [4.78, 5) is 16.5. The molecule has 2 aromatic carbocycles. The van der Waals surface area contributed by atoms with Gasteiger partial charge in [0.15, 0.2) is 0 Å². The molecule has 1 fully saturated rings. The minimum atomic E-state index is -3.56. The van der Waals surface area contributed by atoms with E-state index < -0.39 is 15.9 Å². The summed E-state index contributed by atoms with van der Waals surface area (Å²) in [5, 5.41) is 6.61. The highest BCUT2D eigenvalue weighted by Crippen LogP contribution is 2.31. The summed E-state index contributed by atoms with van der Waals surface area (Å²) in [7, 11) is -3.56. The number of thioether (sulfide) groups is 1. The molecule has 10 heteroatoms. The molecule has 2 aromatic rings. The summed E-state index contributed by atoms with van der Waals surface area (Å²) in [5.74, 6) is 0.608. The van der Waals surface area contributed by atoms with Crippen molar-refractivity contribution in [3.63, 3.8) is 0 Å². The smallest absolute Gasteiger partial charge is 0.257 e. The van der Waals surface area contributed by atoms with Gasteiger partial charge in [0.1, 0.15) is 0 Å². The van der Waals surface area contributed by atoms with Crippen molar-refractivity contribution in [3.05, 3.63) is 47.0 Å². The molecular weight excluding hydrogens is 504 g/mol. The summed E-state index contributed by atoms with van der Waals surface area (Å²) in [6, 6.07) is 10.8. The molecule has 7 nitrogen and oxygen atoms in total. The number of piperazine rings is 1. The number of halogens is 1. The fourth-order valence-electron chi connectivity index (χ4n) is 3.90. The van der Waals surface area contributed by atoms with Crippen LogP contribution in [0.4, 0.5) is 17.1 Å². The Labute approximate surface area is 218 Å². The van der Waals surface area contributed by atoms with Gasteiger partial charge in [-0.3, -0.25) is 9.52 Å². The lowest BCUT2D eigenvalue weighted by Gasteiger charge is -2.30. The summed E-state index contributed by atoms with van der Waals surface area (Å²) >= 11 is 8.25. The van der Waals surface area contributed by atoms with Crippen molar-refractivity contribution < 1.29 is 13.2 Å². The third-order valence-electron chi connectivity index (χ3n) is 5.73. The number of rotatable bonds is 12. The Kier molecular flexibility index (Phi) is 10.6. The molecule has 0 spiro atoms. The number of unbranched alkanes of at least 4 members (excludes halogenated alkanes) is 4. The van der Waals surface area contributed by atoms with E-state index in [2.05, 4.69) is 27.2 Å². The van der Waals surface area contributed by atoms with Gasteiger partial charge in [-0.2, -0.15) is 0 Å². The van der Waals surface area contributed by atoms with Crippen molar-refractivity contribution >= 4 is 56.4 Å². The van der Waals surface area contributed by atoms with Gasteiger partial charge in [-0.15, -0.1) is 11.8 Å². The van der Waals surface area contributed by atoms with E-state index in [0.717, 1.165) is 48.8 Å². The maximum absolute atomic E-state index is 13.2. The Morgan fingerprint density at radius 1 is 1.06 bits per heavy atom. The average molecular weight is 539 g/mol. The van der Waals surface area contributed by atoms with E-state index in [0.29, 0.717) is 10.7 Å². The van der Waals surface area contributed by atoms with E-state index in [1.807, 2.05) is 18.2 Å². The van der Waals surface area contributed by atoms with E-state index in [4.69, 9.17) is 11.6 Å². The first kappa shape index (κ1) is 27.6. The Morgan fingerprint density at radius 2 is 1.77 bits per heavy atom. The number of anilines is 3. The van der Waals surface area contributed by atoms with Crippen LogP contribution in [-0.4, -0.2) is 52.5 Å². The lowest BCUT2D eigenvalue weighted by molar-refractivity contribution is 0.102. The maximum Gasteiger partial charge on any atom is 0.257 e. The number of nitrogens with one attached hydrogen (secondary N) is 3. The zero-order valence-electron chi connectivity index (χ0n) is 20.4. The molecule has 0 bridgehead atoms. The van der Waals surface area contributed by atoms with Crippen LogP contribution in [0.3, 0.4) is 0 Å². The van der Waals surface area contributed by atoms with E-state index in [-0.39, 0.29) is 11.3 Å². The predicted molar refractivity (Wildman–Crippen MR) is 149 cm³/mol. The number of benzene rings is 2. The molecule has 3 rings (SSSR count). The quantitative estimate of drug-likeness (QED) is 0.246. The van der Waals surface area contributed by atoms with Crippen LogP contribution < -0.4 is 20.3 Å². The molecule has 35 heavy (non-hydrogen) atoms. The van der Waals surface area contributed by atoms with Crippen molar-refractivity contribution in [2.24, 2.45) is 0 Å². The highest BCUT2D eigenvalue weighted by molar-refractivity contribution is 7.99. The molecule has 0 unspecified atom stereocenters. The van der Waals surface area contributed by atoms with E-state index in [1.165, 1.54) is 32.1 Å². The van der Waals surface area contributed by atoms with Gasteiger partial charge in [-0.05, 0) is 48.6 Å². The van der Waals surface area contributed by atoms with Crippen LogP contribution in [0.5, 0.6) is 0 Å². The second-order valence-corrected chi connectivity index (χ2v) is 12.0. The van der Waals surface area contributed by atoms with Gasteiger partial charge < -0.3 is 15.5 Å². The van der Waals surface area contributed by atoms with Crippen molar-refractivity contribution in [2.45, 2.75) is 43.9 Å². The van der Waals surface area contributed by atoms with Crippen LogP contribution >= 0.6 is 23.4 Å². The number of hydrogen-bond donors (Lipinski definition) is 3. The molecule has 1 heterocycles. The average Bonchev–Trinajstić information content (AvgIpc) is 2.82. The van der Waals surface area contributed by atoms with Gasteiger partial charge in [0.05, 0.1) is 28.2 Å². The molecular formula is C25H35ClN4O3S2. The molecule has 1 amide bonds. The molecule has 0 saturated carbocycles. The summed E-state index contributed by atoms with van der Waals surface area (Å²) in [5.41, 5.74) is 1.83. The minimum absolute atomic E-state index is 0.232. The second-order valence-electron chi connectivity index (χ2n) is 8.70. The maximum atomic E-state index is 13.2. The Hall–Kier alpha value is -1.94. The van der Waals surface area contributed by atoms with E-state index in [9.17, 15) is 13.2 Å². The van der Waals surface area contributed by atoms with Crippen molar-refractivity contribution in [2.75, 3.05) is 53.1 Å². The number of carbonyl (C=O) groups is 1. The highest BCUT2D eigenvalue weighted by atomic mass is 35.5. The number of hydrogen-bond acceptors (Lipinski definition) is 6. The first-order valence-electron chi connectivity index (χ1n) is 12.1. The molecule has 192 valence electrons. The standard InChI is InChI=1S/C25H35ClN4O3S2/c1-3-4-5-6-7-16-34-20-9-11-24(22(26)18-20)28-25(31)21-17-19(30-14-12-27-13-15-30)8-10-23(21)29-35(2,32)33/h8-11,17-18,27,29H,3-7,12-16H2,1-2H3,(H,28,31). The highest BCUT2D eigenvalue weighted by Gasteiger charge is 2.19. The lowest BCUT2D eigenvalue weighted by Crippen LogP contribution is -2.43. The fraction of sp³-hybridized carbons (Fsp3) is 0.480. The molecule has 1 aliphatic heterocycles. The van der Waals surface area contributed by atoms with Crippen LogP contribution in [-0.2, 0) is 10.0 Å². The topological polar surface area (TPSA) is 90.5 Å². The molecule has 1 saturated heterocycles. The van der Waals surface area contributed by atoms with Crippen LogP contribution in [0, 0.1) is 0 Å². The molecule has 0 aromatic heterocycles. The SMILES string of the molecule is CCCCCCCSc1ccc(NC(=O)c2cc(N3CCNCC3)ccc2NS(C)(=O)=O)c(Cl)c1. The van der Waals surface area contributed by atoms with Crippen LogP contribution in [0.1, 0.15) is 49.4 Å². The van der Waals surface area contributed by atoms with Crippen LogP contribution in [0.15, 0.2) is 41.3 Å². The van der Waals surface area contributed by atoms with Crippen molar-refractivity contribution in [3.8, 4) is 0 Å². The molecule has 0 atom stereocenters. The Bertz CT molecular complexity index is 1110. The molecule has 0 aliphatic carbocycles. The van der Waals surface area contributed by atoms with Gasteiger partial charge in [-0.25, -0.2) is 8.42 Å². The van der Waals surface area contributed by atoms with Gasteiger partial charge in [0, 0.05) is 36.8 Å². The third kappa shape index (κ3) is 8.90. The second kappa shape index (κ2) is 13.4. The zero-order chi connectivity index (χ0) is 25.3. The Balaban J connectivity index is 1.72. The monoisotopic (exact) mass is 538 g/mol. The number of nitrogens with zero attached hydrogens (tertiary/aromatic N) is 1. The summed E-state index contributed by atoms with van der Waals surface area (Å²) in [6.07, 6.45) is 7.26. The first-order valence-corrected chi connectivity index (χ1v) is 15.3. The number of carbonyl (C=O) groups excluding carboxylic acids is 1. The van der Waals surface area contributed by atoms with Gasteiger partial charge in [0.2, 0.25) is 10.0 Å². The van der Waals surface area contributed by atoms with E-state index >= 15 is 0 Å². The largest absolute Gasteiger partial charge is 0.369 e. The Morgan fingerprint density at radius 3 is 2.46 bits per heavy atom.